The van der Waals surface area contributed by atoms with Crippen molar-refractivity contribution in [2.24, 2.45) is 0 Å². The summed E-state index contributed by atoms with van der Waals surface area (Å²) >= 11 is 1.65. The molecule has 0 saturated heterocycles. The first kappa shape index (κ1) is 11.1. The number of carbonyl (C=O) groups is 1. The molecule has 86 valence electrons. The molecule has 2 rings (SSSR count). The molecule has 0 unspecified atom stereocenters. The van der Waals surface area contributed by atoms with Crippen LogP contribution >= 0.6 is 11.9 Å². The van der Waals surface area contributed by atoms with Gasteiger partial charge in [0.05, 0.1) is 24.9 Å². The quantitative estimate of drug-likeness (QED) is 0.582. The third kappa shape index (κ3) is 1.95. The number of hydrogen-bond acceptors (Lipinski definition) is 5. The van der Waals surface area contributed by atoms with Crippen molar-refractivity contribution in [3.8, 4) is 5.75 Å². The first-order valence-electron chi connectivity index (χ1n) is 4.93. The van der Waals surface area contributed by atoms with Gasteiger partial charge in [0.25, 0.3) is 0 Å². The normalized spacial score (nSPS) is 14.0. The molecule has 0 radical (unpaired) electrons. The number of rotatable bonds is 2. The molecule has 0 aromatic heterocycles. The number of hydrogen-bond donors (Lipinski definition) is 0. The van der Waals surface area contributed by atoms with E-state index >= 15 is 0 Å². The van der Waals surface area contributed by atoms with Crippen molar-refractivity contribution in [2.45, 2.75) is 0 Å². The summed E-state index contributed by atoms with van der Waals surface area (Å²) in [6.07, 6.45) is 2.02. The highest BCUT2D eigenvalue weighted by molar-refractivity contribution is 8.00. The molecule has 1 aromatic rings. The van der Waals surface area contributed by atoms with Crippen LogP contribution in [0, 0.1) is 0 Å². The minimum absolute atomic E-state index is 0.340. The maximum atomic E-state index is 11.4. The number of fused-ring (bicyclic) bond motifs is 1. The van der Waals surface area contributed by atoms with Crippen molar-refractivity contribution in [1.82, 2.24) is 0 Å². The van der Waals surface area contributed by atoms with Gasteiger partial charge in [0.2, 0.25) is 0 Å². The molecule has 1 aliphatic rings. The van der Waals surface area contributed by atoms with E-state index in [0.717, 1.165) is 18.0 Å². The summed E-state index contributed by atoms with van der Waals surface area (Å²) in [6, 6.07) is 5.36. The van der Waals surface area contributed by atoms with E-state index in [1.165, 1.54) is 7.11 Å². The summed E-state index contributed by atoms with van der Waals surface area (Å²) in [6.45, 7) is 1.49. The summed E-state index contributed by atoms with van der Waals surface area (Å²) < 4.78 is 12.3. The van der Waals surface area contributed by atoms with Gasteiger partial charge in [-0.05, 0) is 18.2 Å². The maximum Gasteiger partial charge on any atom is 0.337 e. The molecule has 4 nitrogen and oxygen atoms in total. The minimum atomic E-state index is -0.340. The van der Waals surface area contributed by atoms with Crippen LogP contribution in [0.15, 0.2) is 18.2 Å². The zero-order valence-corrected chi connectivity index (χ0v) is 10.0. The zero-order valence-electron chi connectivity index (χ0n) is 9.23. The minimum Gasteiger partial charge on any atom is -0.489 e. The van der Waals surface area contributed by atoms with Crippen molar-refractivity contribution in [2.75, 3.05) is 30.8 Å². The Kier molecular flexibility index (Phi) is 3.24. The standard InChI is InChI=1S/C11H13NO3S/c1-14-11(13)8-3-4-9-10(7-8)15-6-5-12(9)16-2/h3-4,7H,5-6H2,1-2H3. The molecule has 0 amide bonds. The lowest BCUT2D eigenvalue weighted by molar-refractivity contribution is 0.0600. The first-order chi connectivity index (χ1) is 7.76. The molecule has 0 aliphatic carbocycles. The number of esters is 1. The fraction of sp³-hybridized carbons (Fsp3) is 0.364. The molecule has 0 spiro atoms. The molecule has 0 atom stereocenters. The summed E-state index contributed by atoms with van der Waals surface area (Å²) in [4.78, 5) is 11.4. The van der Waals surface area contributed by atoms with Gasteiger partial charge < -0.3 is 13.8 Å². The van der Waals surface area contributed by atoms with Crippen LogP contribution in [-0.2, 0) is 4.74 Å². The average Bonchev–Trinajstić information content (AvgIpc) is 2.36. The lowest BCUT2D eigenvalue weighted by Crippen LogP contribution is -2.26. The Balaban J connectivity index is 2.35. The fourth-order valence-corrected chi connectivity index (χ4v) is 2.23. The van der Waals surface area contributed by atoms with Gasteiger partial charge >= 0.3 is 5.97 Å². The Morgan fingerprint density at radius 1 is 1.56 bits per heavy atom. The third-order valence-corrected chi connectivity index (χ3v) is 3.24. The van der Waals surface area contributed by atoms with Crippen LogP contribution in [0.2, 0.25) is 0 Å². The van der Waals surface area contributed by atoms with E-state index in [0.29, 0.717) is 12.2 Å². The molecule has 0 N–H and O–H groups in total. The largest absolute Gasteiger partial charge is 0.489 e. The van der Waals surface area contributed by atoms with Gasteiger partial charge in [-0.15, -0.1) is 0 Å². The molecule has 0 bridgehead atoms. The summed E-state index contributed by atoms with van der Waals surface area (Å²) in [7, 11) is 1.37. The predicted octanol–water partition coefficient (Wildman–Crippen LogP) is 1.95. The summed E-state index contributed by atoms with van der Waals surface area (Å²) in [5.41, 5.74) is 1.52. The van der Waals surface area contributed by atoms with Gasteiger partial charge in [-0.1, -0.05) is 11.9 Å². The molecule has 1 heterocycles. The highest BCUT2D eigenvalue weighted by atomic mass is 32.2. The highest BCUT2D eigenvalue weighted by Gasteiger charge is 2.19. The Labute approximate surface area is 98.7 Å². The van der Waals surface area contributed by atoms with E-state index < -0.39 is 0 Å². The van der Waals surface area contributed by atoms with Crippen molar-refractivity contribution < 1.29 is 14.3 Å². The lowest BCUT2D eigenvalue weighted by atomic mass is 10.2. The number of carbonyl (C=O) groups excluding carboxylic acids is 1. The van der Waals surface area contributed by atoms with Crippen molar-refractivity contribution in [3.05, 3.63) is 23.8 Å². The molecular weight excluding hydrogens is 226 g/mol. The lowest BCUT2D eigenvalue weighted by Gasteiger charge is -2.29. The number of benzene rings is 1. The Bertz CT molecular complexity index is 408. The first-order valence-corrected chi connectivity index (χ1v) is 6.11. The number of nitrogens with zero attached hydrogens (tertiary/aromatic N) is 1. The predicted molar refractivity (Wildman–Crippen MR) is 64.1 cm³/mol. The summed E-state index contributed by atoms with van der Waals surface area (Å²) in [5.74, 6) is 0.399. The van der Waals surface area contributed by atoms with Crippen molar-refractivity contribution >= 4 is 23.6 Å². The highest BCUT2D eigenvalue weighted by Crippen LogP contribution is 2.35. The maximum absolute atomic E-state index is 11.4. The van der Waals surface area contributed by atoms with Crippen LogP contribution < -0.4 is 9.04 Å². The third-order valence-electron chi connectivity index (χ3n) is 2.42. The van der Waals surface area contributed by atoms with Crippen LogP contribution in [0.4, 0.5) is 5.69 Å². The molecule has 1 aliphatic heterocycles. The zero-order chi connectivity index (χ0) is 11.5. The molecule has 1 aromatic carbocycles. The Hall–Kier alpha value is -1.36. The van der Waals surface area contributed by atoms with Crippen LogP contribution in [0.1, 0.15) is 10.4 Å². The van der Waals surface area contributed by atoms with E-state index in [1.54, 1.807) is 24.1 Å². The van der Waals surface area contributed by atoms with E-state index in [9.17, 15) is 4.79 Å². The smallest absolute Gasteiger partial charge is 0.337 e. The van der Waals surface area contributed by atoms with Crippen LogP contribution in [0.3, 0.4) is 0 Å². The van der Waals surface area contributed by atoms with E-state index in [2.05, 4.69) is 9.04 Å². The number of anilines is 1. The van der Waals surface area contributed by atoms with E-state index in [-0.39, 0.29) is 5.97 Å². The van der Waals surface area contributed by atoms with E-state index in [1.807, 2.05) is 12.3 Å². The van der Waals surface area contributed by atoms with Crippen LogP contribution in [0.25, 0.3) is 0 Å². The summed E-state index contributed by atoms with van der Waals surface area (Å²) in [5, 5.41) is 0. The van der Waals surface area contributed by atoms with Gasteiger partial charge in [0.15, 0.2) is 0 Å². The van der Waals surface area contributed by atoms with E-state index in [4.69, 9.17) is 4.74 Å². The van der Waals surface area contributed by atoms with Crippen LogP contribution in [-0.4, -0.2) is 32.5 Å². The topological polar surface area (TPSA) is 38.8 Å². The second kappa shape index (κ2) is 4.65. The molecule has 5 heteroatoms. The van der Waals surface area contributed by atoms with Gasteiger partial charge in [-0.25, -0.2) is 4.79 Å². The number of methoxy groups -OCH3 is 1. The average molecular weight is 239 g/mol. The monoisotopic (exact) mass is 239 g/mol. The SMILES string of the molecule is COC(=O)c1ccc2c(c1)OCCN2SC. The number of ether oxygens (including phenoxy) is 2. The molecule has 16 heavy (non-hydrogen) atoms. The van der Waals surface area contributed by atoms with Gasteiger partial charge in [-0.3, -0.25) is 0 Å². The fourth-order valence-electron chi connectivity index (χ4n) is 1.63. The van der Waals surface area contributed by atoms with Crippen molar-refractivity contribution in [1.29, 1.82) is 0 Å². The molecular formula is C11H13NO3S. The molecule has 0 saturated carbocycles. The van der Waals surface area contributed by atoms with Gasteiger partial charge in [0, 0.05) is 6.26 Å². The second-order valence-electron chi connectivity index (χ2n) is 3.31. The molecule has 0 fully saturated rings. The van der Waals surface area contributed by atoms with Gasteiger partial charge in [-0.2, -0.15) is 0 Å². The Morgan fingerprint density at radius 3 is 3.06 bits per heavy atom. The van der Waals surface area contributed by atoms with Gasteiger partial charge in [0.1, 0.15) is 12.4 Å². The van der Waals surface area contributed by atoms with Crippen LogP contribution in [0.5, 0.6) is 5.75 Å². The van der Waals surface area contributed by atoms with Crippen molar-refractivity contribution in [3.63, 3.8) is 0 Å². The Morgan fingerprint density at radius 2 is 2.38 bits per heavy atom. The second-order valence-corrected chi connectivity index (χ2v) is 4.11.